The van der Waals surface area contributed by atoms with Gasteiger partial charge < -0.3 is 9.84 Å². The molecule has 1 unspecified atom stereocenters. The van der Waals surface area contributed by atoms with E-state index in [0.29, 0.717) is 0 Å². The van der Waals surface area contributed by atoms with Gasteiger partial charge in [0.1, 0.15) is 0 Å². The fraction of sp³-hybridized carbons (Fsp3) is 0.333. The number of rotatable bonds is 5. The van der Waals surface area contributed by atoms with Crippen molar-refractivity contribution < 1.29 is 4.52 Å². The third-order valence-electron chi connectivity index (χ3n) is 2.58. The zero-order valence-electron chi connectivity index (χ0n) is 9.56. The zero-order chi connectivity index (χ0) is 12.1. The van der Waals surface area contributed by atoms with E-state index in [1.54, 1.807) is 0 Å². The monoisotopic (exact) mass is 295 g/mol. The molecule has 2 aromatic rings. The second kappa shape index (κ2) is 5.93. The molecule has 4 nitrogen and oxygen atoms in total. The molecule has 0 spiro atoms. The van der Waals surface area contributed by atoms with Crippen molar-refractivity contribution in [3.63, 3.8) is 0 Å². The summed E-state index contributed by atoms with van der Waals surface area (Å²) in [7, 11) is 0. The number of aromatic nitrogens is 2. The van der Waals surface area contributed by atoms with Gasteiger partial charge in [0.05, 0.1) is 0 Å². The highest BCUT2D eigenvalue weighted by Gasteiger charge is 2.08. The fourth-order valence-corrected chi connectivity index (χ4v) is 2.27. The van der Waals surface area contributed by atoms with Gasteiger partial charge in [-0.15, -0.1) is 0 Å². The molecule has 1 aromatic carbocycles. The van der Waals surface area contributed by atoms with Crippen molar-refractivity contribution in [3.05, 3.63) is 46.5 Å². The minimum absolute atomic E-state index is 0.289. The predicted molar refractivity (Wildman–Crippen MR) is 68.6 cm³/mol. The first-order valence-electron chi connectivity index (χ1n) is 5.50. The summed E-state index contributed by atoms with van der Waals surface area (Å²) in [5, 5.41) is 7.19. The second-order valence-corrected chi connectivity index (χ2v) is 4.65. The van der Waals surface area contributed by atoms with Crippen LogP contribution in [-0.4, -0.2) is 16.7 Å². The largest absolute Gasteiger partial charge is 0.343 e. The number of hydrogen-bond donors (Lipinski definition) is 1. The molecule has 0 amide bonds. The van der Waals surface area contributed by atoms with E-state index in [0.717, 1.165) is 23.3 Å². The third-order valence-corrected chi connectivity index (χ3v) is 3.30. The molecule has 1 aromatic heterocycles. The van der Waals surface area contributed by atoms with E-state index in [-0.39, 0.29) is 6.04 Å². The van der Waals surface area contributed by atoms with Crippen LogP contribution < -0.4 is 5.32 Å². The van der Waals surface area contributed by atoms with Crippen molar-refractivity contribution >= 4 is 15.9 Å². The van der Waals surface area contributed by atoms with Crippen LogP contribution in [0, 0.1) is 0 Å². The van der Waals surface area contributed by atoms with Gasteiger partial charge in [0, 0.05) is 23.5 Å². The van der Waals surface area contributed by atoms with Crippen LogP contribution in [0.25, 0.3) is 0 Å². The molecule has 0 saturated heterocycles. The lowest BCUT2D eigenvalue weighted by Gasteiger charge is -2.15. The summed E-state index contributed by atoms with van der Waals surface area (Å²) in [5.41, 5.74) is 1.25. The van der Waals surface area contributed by atoms with Crippen LogP contribution in [0.1, 0.15) is 24.4 Å². The van der Waals surface area contributed by atoms with Crippen LogP contribution in [0.2, 0.25) is 0 Å². The fourth-order valence-electron chi connectivity index (χ4n) is 1.64. The van der Waals surface area contributed by atoms with Crippen LogP contribution in [0.4, 0.5) is 0 Å². The molecule has 0 bridgehead atoms. The van der Waals surface area contributed by atoms with Crippen LogP contribution in [-0.2, 0) is 6.42 Å². The second-order valence-electron chi connectivity index (χ2n) is 3.79. The summed E-state index contributed by atoms with van der Waals surface area (Å²) in [6.45, 7) is 2.96. The molecular weight excluding hydrogens is 282 g/mol. The molecule has 5 heteroatoms. The summed E-state index contributed by atoms with van der Waals surface area (Å²) in [6, 6.07) is 8.50. The number of halogens is 1. The standard InChI is InChI=1S/C12H14BrN3O/c1-9(10-4-2-3-5-11(10)13)14-7-6-12-15-8-17-16-12/h2-5,8-9,14H,6-7H2,1H3. The number of nitrogens with one attached hydrogen (secondary N) is 1. The molecule has 0 aliphatic rings. The minimum atomic E-state index is 0.289. The summed E-state index contributed by atoms with van der Waals surface area (Å²) in [6.07, 6.45) is 2.12. The normalized spacial score (nSPS) is 12.6. The Hall–Kier alpha value is -1.20. The Bertz CT molecular complexity index is 459. The van der Waals surface area contributed by atoms with Crippen molar-refractivity contribution in [1.29, 1.82) is 0 Å². The Morgan fingerprint density at radius 2 is 2.24 bits per heavy atom. The molecule has 0 saturated carbocycles. The van der Waals surface area contributed by atoms with Gasteiger partial charge in [-0.25, -0.2) is 0 Å². The molecule has 2 rings (SSSR count). The Balaban J connectivity index is 1.85. The van der Waals surface area contributed by atoms with E-state index in [4.69, 9.17) is 0 Å². The number of hydrogen-bond acceptors (Lipinski definition) is 4. The Labute approximate surface area is 109 Å². The predicted octanol–water partition coefficient (Wildman–Crippen LogP) is 2.73. The van der Waals surface area contributed by atoms with E-state index in [1.807, 2.05) is 18.2 Å². The van der Waals surface area contributed by atoms with E-state index < -0.39 is 0 Å². The first-order valence-corrected chi connectivity index (χ1v) is 6.29. The van der Waals surface area contributed by atoms with Crippen LogP contribution in [0.15, 0.2) is 39.7 Å². The maximum atomic E-state index is 4.68. The molecule has 0 radical (unpaired) electrons. The maximum Gasteiger partial charge on any atom is 0.213 e. The van der Waals surface area contributed by atoms with Gasteiger partial charge in [0.15, 0.2) is 5.82 Å². The molecule has 1 heterocycles. The van der Waals surface area contributed by atoms with Crippen LogP contribution in [0.3, 0.4) is 0 Å². The van der Waals surface area contributed by atoms with Crippen molar-refractivity contribution in [1.82, 2.24) is 15.5 Å². The molecule has 1 N–H and O–H groups in total. The van der Waals surface area contributed by atoms with Gasteiger partial charge in [-0.2, -0.15) is 4.98 Å². The molecular formula is C12H14BrN3O. The Kier molecular flexibility index (Phi) is 4.28. The maximum absolute atomic E-state index is 4.68. The van der Waals surface area contributed by atoms with E-state index >= 15 is 0 Å². The van der Waals surface area contributed by atoms with Crippen LogP contribution >= 0.6 is 15.9 Å². The highest BCUT2D eigenvalue weighted by molar-refractivity contribution is 9.10. The van der Waals surface area contributed by atoms with Crippen LogP contribution in [0.5, 0.6) is 0 Å². The molecule has 0 fully saturated rings. The van der Waals surface area contributed by atoms with Gasteiger partial charge in [-0.3, -0.25) is 0 Å². The lowest BCUT2D eigenvalue weighted by molar-refractivity contribution is 0.408. The lowest BCUT2D eigenvalue weighted by atomic mass is 10.1. The topological polar surface area (TPSA) is 51.0 Å². The third kappa shape index (κ3) is 3.38. The van der Waals surface area contributed by atoms with Gasteiger partial charge in [-0.05, 0) is 18.6 Å². The van der Waals surface area contributed by atoms with Gasteiger partial charge in [-0.1, -0.05) is 39.3 Å². The molecule has 1 atom stereocenters. The Morgan fingerprint density at radius 1 is 1.41 bits per heavy atom. The summed E-state index contributed by atoms with van der Waals surface area (Å²) in [5.74, 6) is 0.733. The Morgan fingerprint density at radius 3 is 2.94 bits per heavy atom. The quantitative estimate of drug-likeness (QED) is 0.921. The number of nitrogens with zero attached hydrogens (tertiary/aromatic N) is 2. The van der Waals surface area contributed by atoms with Crippen molar-refractivity contribution in [2.75, 3.05) is 6.54 Å². The van der Waals surface area contributed by atoms with E-state index in [2.05, 4.69) is 48.9 Å². The smallest absolute Gasteiger partial charge is 0.213 e. The van der Waals surface area contributed by atoms with Gasteiger partial charge >= 0.3 is 0 Å². The highest BCUT2D eigenvalue weighted by Crippen LogP contribution is 2.22. The van der Waals surface area contributed by atoms with E-state index in [1.165, 1.54) is 12.0 Å². The molecule has 0 aliphatic carbocycles. The van der Waals surface area contributed by atoms with Crippen molar-refractivity contribution in [2.45, 2.75) is 19.4 Å². The SMILES string of the molecule is CC(NCCc1ncon1)c1ccccc1Br. The molecule has 17 heavy (non-hydrogen) atoms. The van der Waals surface area contributed by atoms with Crippen molar-refractivity contribution in [3.8, 4) is 0 Å². The van der Waals surface area contributed by atoms with Gasteiger partial charge in [0.2, 0.25) is 6.39 Å². The highest BCUT2D eigenvalue weighted by atomic mass is 79.9. The average molecular weight is 296 g/mol. The molecule has 0 aliphatic heterocycles. The average Bonchev–Trinajstić information content (AvgIpc) is 2.82. The van der Waals surface area contributed by atoms with E-state index in [9.17, 15) is 0 Å². The lowest BCUT2D eigenvalue weighted by Crippen LogP contribution is -2.22. The number of benzene rings is 1. The summed E-state index contributed by atoms with van der Waals surface area (Å²) < 4.78 is 5.80. The first-order chi connectivity index (χ1) is 8.27. The summed E-state index contributed by atoms with van der Waals surface area (Å²) >= 11 is 3.55. The minimum Gasteiger partial charge on any atom is -0.343 e. The molecule has 90 valence electrons. The summed E-state index contributed by atoms with van der Waals surface area (Å²) in [4.78, 5) is 3.98. The first kappa shape index (κ1) is 12.3. The zero-order valence-corrected chi connectivity index (χ0v) is 11.1. The van der Waals surface area contributed by atoms with Gasteiger partial charge in [0.25, 0.3) is 0 Å². The van der Waals surface area contributed by atoms with Crippen molar-refractivity contribution in [2.24, 2.45) is 0 Å².